The van der Waals surface area contributed by atoms with Gasteiger partial charge in [0.05, 0.1) is 12.1 Å². The summed E-state index contributed by atoms with van der Waals surface area (Å²) in [7, 11) is 0. The molecule has 0 amide bonds. The van der Waals surface area contributed by atoms with Gasteiger partial charge in [-0.15, -0.1) is 0 Å². The maximum Gasteiger partial charge on any atom is 0.0623 e. The van der Waals surface area contributed by atoms with Gasteiger partial charge in [0.1, 0.15) is 0 Å². The van der Waals surface area contributed by atoms with Crippen molar-refractivity contribution in [3.63, 3.8) is 0 Å². The van der Waals surface area contributed by atoms with Gasteiger partial charge in [0.2, 0.25) is 0 Å². The zero-order chi connectivity index (χ0) is 12.8. The molecule has 0 spiro atoms. The van der Waals surface area contributed by atoms with Gasteiger partial charge < -0.3 is 10.4 Å². The molecule has 0 aromatic carbocycles. The number of aliphatic hydroxyl groups excluding tert-OH is 1. The predicted octanol–water partition coefficient (Wildman–Crippen LogP) is 1.71. The van der Waals surface area contributed by atoms with E-state index >= 15 is 0 Å². The molecule has 0 aliphatic heterocycles. The second-order valence-corrected chi connectivity index (χ2v) is 5.67. The number of likely N-dealkylation sites (N-methyl/N-ethyl adjacent to an activating group) is 1. The summed E-state index contributed by atoms with van der Waals surface area (Å²) >= 11 is 0. The number of rotatable bonds is 8. The van der Waals surface area contributed by atoms with Crippen LogP contribution >= 0.6 is 0 Å². The number of nitrogens with zero attached hydrogens (tertiary/aromatic N) is 1. The van der Waals surface area contributed by atoms with Gasteiger partial charge in [-0.3, -0.25) is 4.90 Å². The highest BCUT2D eigenvalue weighted by Crippen LogP contribution is 2.11. The first-order valence-electron chi connectivity index (χ1n) is 6.44. The molecule has 3 heteroatoms. The van der Waals surface area contributed by atoms with Crippen molar-refractivity contribution in [3.8, 4) is 0 Å². The monoisotopic (exact) mass is 230 g/mol. The van der Waals surface area contributed by atoms with Crippen molar-refractivity contribution in [1.29, 1.82) is 0 Å². The molecule has 16 heavy (non-hydrogen) atoms. The lowest BCUT2D eigenvalue weighted by Gasteiger charge is -2.38. The van der Waals surface area contributed by atoms with Gasteiger partial charge in [-0.2, -0.15) is 0 Å². The molecule has 3 nitrogen and oxygen atoms in total. The second-order valence-electron chi connectivity index (χ2n) is 5.67. The van der Waals surface area contributed by atoms with E-state index in [0.29, 0.717) is 12.0 Å². The lowest BCUT2D eigenvalue weighted by molar-refractivity contribution is 0.0963. The van der Waals surface area contributed by atoms with Gasteiger partial charge in [-0.25, -0.2) is 0 Å². The number of hydrogen-bond acceptors (Lipinski definition) is 3. The van der Waals surface area contributed by atoms with E-state index in [-0.39, 0.29) is 12.1 Å². The normalized spacial score (nSPS) is 16.1. The van der Waals surface area contributed by atoms with E-state index in [1.807, 2.05) is 0 Å². The van der Waals surface area contributed by atoms with Crippen LogP contribution in [-0.4, -0.2) is 47.8 Å². The highest BCUT2D eigenvalue weighted by atomic mass is 16.3. The predicted molar refractivity (Wildman–Crippen MR) is 70.7 cm³/mol. The number of nitrogens with one attached hydrogen (secondary N) is 1. The Balaban J connectivity index is 4.45. The molecule has 0 aromatic heterocycles. The highest BCUT2D eigenvalue weighted by Gasteiger charge is 2.26. The topological polar surface area (TPSA) is 35.5 Å². The maximum absolute atomic E-state index is 9.49. The zero-order valence-electron chi connectivity index (χ0n) is 11.9. The minimum Gasteiger partial charge on any atom is -0.394 e. The SMILES string of the molecule is CCNC(C)(CO)CN(CC(C)C)C(C)C. The van der Waals surface area contributed by atoms with Crippen LogP contribution in [0.5, 0.6) is 0 Å². The maximum atomic E-state index is 9.49. The Morgan fingerprint density at radius 3 is 2.12 bits per heavy atom. The summed E-state index contributed by atoms with van der Waals surface area (Å²) < 4.78 is 0. The van der Waals surface area contributed by atoms with E-state index in [9.17, 15) is 5.11 Å². The average Bonchev–Trinajstić information content (AvgIpc) is 2.16. The zero-order valence-corrected chi connectivity index (χ0v) is 11.9. The molecule has 0 aliphatic carbocycles. The molecule has 0 aromatic rings. The van der Waals surface area contributed by atoms with Crippen LogP contribution in [0.15, 0.2) is 0 Å². The fourth-order valence-corrected chi connectivity index (χ4v) is 1.96. The largest absolute Gasteiger partial charge is 0.394 e. The second kappa shape index (κ2) is 7.25. The molecule has 0 aliphatic rings. The minimum atomic E-state index is -0.187. The standard InChI is InChI=1S/C13H30N2O/c1-7-14-13(6,10-16)9-15(12(4)5)8-11(2)3/h11-12,14,16H,7-10H2,1-6H3. The van der Waals surface area contributed by atoms with Gasteiger partial charge in [0, 0.05) is 19.1 Å². The van der Waals surface area contributed by atoms with Crippen molar-refractivity contribution in [2.24, 2.45) is 5.92 Å². The molecule has 1 unspecified atom stereocenters. The molecule has 0 bridgehead atoms. The van der Waals surface area contributed by atoms with Crippen molar-refractivity contribution in [2.45, 2.75) is 53.1 Å². The summed E-state index contributed by atoms with van der Waals surface area (Å²) in [4.78, 5) is 2.43. The van der Waals surface area contributed by atoms with E-state index in [0.717, 1.165) is 19.6 Å². The minimum absolute atomic E-state index is 0.183. The summed E-state index contributed by atoms with van der Waals surface area (Å²) in [5, 5.41) is 12.9. The van der Waals surface area contributed by atoms with Crippen LogP contribution in [-0.2, 0) is 0 Å². The van der Waals surface area contributed by atoms with Crippen LogP contribution in [0.2, 0.25) is 0 Å². The van der Waals surface area contributed by atoms with Crippen molar-refractivity contribution < 1.29 is 5.11 Å². The van der Waals surface area contributed by atoms with Crippen LogP contribution in [0, 0.1) is 5.92 Å². The molecular formula is C13H30N2O. The van der Waals surface area contributed by atoms with Crippen LogP contribution < -0.4 is 5.32 Å². The molecule has 2 N–H and O–H groups in total. The first kappa shape index (κ1) is 15.9. The van der Waals surface area contributed by atoms with E-state index < -0.39 is 0 Å². The molecule has 1 atom stereocenters. The summed E-state index contributed by atoms with van der Waals surface area (Å²) in [6.45, 7) is 16.1. The van der Waals surface area contributed by atoms with Crippen LogP contribution in [0.1, 0.15) is 41.5 Å². The highest BCUT2D eigenvalue weighted by molar-refractivity contribution is 4.86. The van der Waals surface area contributed by atoms with Gasteiger partial charge in [-0.05, 0) is 33.2 Å². The van der Waals surface area contributed by atoms with Crippen LogP contribution in [0.25, 0.3) is 0 Å². The molecule has 0 radical (unpaired) electrons. The Morgan fingerprint density at radius 1 is 1.25 bits per heavy atom. The van der Waals surface area contributed by atoms with Crippen molar-refractivity contribution in [3.05, 3.63) is 0 Å². The molecule has 0 saturated carbocycles. The Bertz CT molecular complexity index is 183. The molecule has 98 valence electrons. The molecule has 0 fully saturated rings. The first-order chi connectivity index (χ1) is 7.34. The summed E-state index contributed by atoms with van der Waals surface area (Å²) in [5.41, 5.74) is -0.187. The van der Waals surface area contributed by atoms with Crippen LogP contribution in [0.3, 0.4) is 0 Å². The van der Waals surface area contributed by atoms with Crippen LogP contribution in [0.4, 0.5) is 0 Å². The Kier molecular flexibility index (Phi) is 7.20. The summed E-state index contributed by atoms with van der Waals surface area (Å²) in [6.07, 6.45) is 0. The molecule has 0 saturated heterocycles. The first-order valence-corrected chi connectivity index (χ1v) is 6.44. The van der Waals surface area contributed by atoms with E-state index in [1.165, 1.54) is 0 Å². The lowest BCUT2D eigenvalue weighted by Crippen LogP contribution is -2.55. The van der Waals surface area contributed by atoms with Crippen molar-refractivity contribution in [1.82, 2.24) is 10.2 Å². The van der Waals surface area contributed by atoms with Crippen molar-refractivity contribution in [2.75, 3.05) is 26.2 Å². The third kappa shape index (κ3) is 5.83. The molecule has 0 heterocycles. The lowest BCUT2D eigenvalue weighted by atomic mass is 10.0. The third-order valence-corrected chi connectivity index (χ3v) is 2.83. The van der Waals surface area contributed by atoms with Gasteiger partial charge in [0.25, 0.3) is 0 Å². The quantitative estimate of drug-likeness (QED) is 0.666. The number of hydrogen-bond donors (Lipinski definition) is 2. The Labute approximate surface area is 101 Å². The Morgan fingerprint density at radius 2 is 1.81 bits per heavy atom. The van der Waals surface area contributed by atoms with E-state index in [2.05, 4.69) is 51.8 Å². The fraction of sp³-hybridized carbons (Fsp3) is 1.00. The third-order valence-electron chi connectivity index (χ3n) is 2.83. The Hall–Kier alpha value is -0.120. The molecule has 0 rings (SSSR count). The van der Waals surface area contributed by atoms with Gasteiger partial charge >= 0.3 is 0 Å². The average molecular weight is 230 g/mol. The smallest absolute Gasteiger partial charge is 0.0623 e. The summed E-state index contributed by atoms with van der Waals surface area (Å²) in [5.74, 6) is 0.659. The van der Waals surface area contributed by atoms with E-state index in [4.69, 9.17) is 0 Å². The van der Waals surface area contributed by atoms with Gasteiger partial charge in [0.15, 0.2) is 0 Å². The number of aliphatic hydroxyl groups is 1. The van der Waals surface area contributed by atoms with E-state index in [1.54, 1.807) is 0 Å². The van der Waals surface area contributed by atoms with Crippen molar-refractivity contribution >= 4 is 0 Å². The van der Waals surface area contributed by atoms with Gasteiger partial charge in [-0.1, -0.05) is 20.8 Å². The molecular weight excluding hydrogens is 200 g/mol. The fourth-order valence-electron chi connectivity index (χ4n) is 1.96. The summed E-state index contributed by atoms with van der Waals surface area (Å²) in [6, 6.07) is 0.520.